The summed E-state index contributed by atoms with van der Waals surface area (Å²) in [4.78, 5) is 31.9. The highest BCUT2D eigenvalue weighted by molar-refractivity contribution is 5.60. The summed E-state index contributed by atoms with van der Waals surface area (Å²) in [5, 5.41) is 29.6. The number of alkyl halides is 11. The number of halogens is 11. The number of rotatable bonds is 16. The van der Waals surface area contributed by atoms with Crippen LogP contribution in [0.25, 0.3) is 0 Å². The van der Waals surface area contributed by atoms with Gasteiger partial charge < -0.3 is 45.8 Å². The standard InChI is InChI=1S/2C17H19F3N8.C15H17F5N6O/c1-3-21-14-11(17(18,19)20)8-23-16(25-14)24-12-9-28(26-10(12)2)13-4-6-27-7-5-22-15(13)27;1-3-21-14-11(17(18,19)20)8-23-16(26-14)25-12-9-24-28(10(12)2)13-4-6-27-7-5-22-15(13)27;1-7-11(6-23-26(7)8-3-9(4-8)27-13(16)17)24-14-22-5-10(15(18,19)20)12(21-2)25-14/h5,7-9,13H,3-4,6H2,1-2H3,(H2,21,23,24,25);5,7-9,13H,3-4,6H2,1-2H3,(H2,21,23,25,26);5-6,8-9,13H,3-4H2,1-2H3,(H2,21,22,24,25). The lowest BCUT2D eigenvalue weighted by molar-refractivity contribution is -0.189. The Morgan fingerprint density at radius 2 is 1.04 bits per heavy atom. The molecule has 2 unspecified atom stereocenters. The van der Waals surface area contributed by atoms with E-state index < -0.39 is 47.9 Å². The first kappa shape index (κ1) is 58.9. The number of hydrogen-bond acceptors (Lipinski definition) is 18. The molecule has 0 aromatic carbocycles. The minimum absolute atomic E-state index is 0.0232. The van der Waals surface area contributed by atoms with Crippen molar-refractivity contribution in [2.24, 2.45) is 0 Å². The second-order valence-corrected chi connectivity index (χ2v) is 19.0. The van der Waals surface area contributed by atoms with Crippen LogP contribution < -0.4 is 31.9 Å². The molecule has 8 aromatic rings. The van der Waals surface area contributed by atoms with Gasteiger partial charge in [0.2, 0.25) is 17.8 Å². The van der Waals surface area contributed by atoms with Crippen molar-refractivity contribution in [3.63, 3.8) is 0 Å². The number of hydrogen-bond donors (Lipinski definition) is 6. The highest BCUT2D eigenvalue weighted by atomic mass is 19.4. The zero-order chi connectivity index (χ0) is 59.5. The molecular weight excluding hydrogens is 1120 g/mol. The van der Waals surface area contributed by atoms with Crippen molar-refractivity contribution in [1.29, 1.82) is 0 Å². The van der Waals surface area contributed by atoms with Crippen molar-refractivity contribution in [2.75, 3.05) is 52.0 Å². The fourth-order valence-corrected chi connectivity index (χ4v) is 9.52. The number of anilines is 9. The summed E-state index contributed by atoms with van der Waals surface area (Å²) in [5.41, 5.74) is 1.21. The second kappa shape index (κ2) is 24.0. The van der Waals surface area contributed by atoms with Gasteiger partial charge in [0.25, 0.3) is 0 Å². The smallest absolute Gasteiger partial charge is 0.372 e. The average molecular weight is 1180 g/mol. The summed E-state index contributed by atoms with van der Waals surface area (Å²) >= 11 is 0. The average Bonchev–Trinajstić information content (AvgIpc) is 4.51. The Morgan fingerprint density at radius 3 is 1.52 bits per heavy atom. The summed E-state index contributed by atoms with van der Waals surface area (Å²) < 4.78 is 156. The summed E-state index contributed by atoms with van der Waals surface area (Å²) in [7, 11) is 1.33. The minimum Gasteiger partial charge on any atom is -0.372 e. The summed E-state index contributed by atoms with van der Waals surface area (Å²) in [6, 6.07) is -0.0304. The van der Waals surface area contributed by atoms with Crippen LogP contribution in [0.2, 0.25) is 0 Å². The first-order valence-corrected chi connectivity index (χ1v) is 25.8. The fourth-order valence-electron chi connectivity index (χ4n) is 9.52. The van der Waals surface area contributed by atoms with E-state index in [-0.39, 0.29) is 53.4 Å². The molecule has 8 aromatic heterocycles. The predicted octanol–water partition coefficient (Wildman–Crippen LogP) is 10.5. The topological polar surface area (TPSA) is 248 Å². The molecule has 0 bridgehead atoms. The molecule has 6 N–H and O–H groups in total. The van der Waals surface area contributed by atoms with E-state index in [1.165, 1.54) is 13.2 Å². The molecule has 1 fully saturated rings. The molecule has 23 nitrogen and oxygen atoms in total. The maximum absolute atomic E-state index is 13.1. The molecule has 0 amide bonds. The van der Waals surface area contributed by atoms with E-state index in [1.54, 1.807) is 50.2 Å². The summed E-state index contributed by atoms with van der Waals surface area (Å²) in [6.45, 7) is 8.42. The third-order valence-corrected chi connectivity index (χ3v) is 13.7. The van der Waals surface area contributed by atoms with Crippen molar-refractivity contribution in [1.82, 2.24) is 78.3 Å². The fraction of sp³-hybridized carbons (Fsp3) is 0.449. The highest BCUT2D eigenvalue weighted by Crippen LogP contribution is 2.40. The quantitative estimate of drug-likeness (QED) is 0.0492. The van der Waals surface area contributed by atoms with Gasteiger partial charge in [-0.3, -0.25) is 14.0 Å². The Hall–Kier alpha value is -8.72. The van der Waals surface area contributed by atoms with E-state index in [2.05, 4.69) is 101 Å². The van der Waals surface area contributed by atoms with Crippen molar-refractivity contribution in [3.05, 3.63) is 107 Å². The molecule has 444 valence electrons. The van der Waals surface area contributed by atoms with Gasteiger partial charge in [-0.25, -0.2) is 24.9 Å². The summed E-state index contributed by atoms with van der Waals surface area (Å²) in [5.74, 6) is 1.13. The Balaban J connectivity index is 0.000000150. The molecule has 2 aliphatic heterocycles. The van der Waals surface area contributed by atoms with Crippen LogP contribution >= 0.6 is 0 Å². The lowest BCUT2D eigenvalue weighted by Gasteiger charge is -2.35. The van der Waals surface area contributed by atoms with Crippen molar-refractivity contribution < 1.29 is 53.0 Å². The van der Waals surface area contributed by atoms with Crippen LogP contribution in [0.5, 0.6) is 0 Å². The van der Waals surface area contributed by atoms with Gasteiger partial charge in [-0.2, -0.15) is 78.5 Å². The number of fused-ring (bicyclic) bond motifs is 2. The van der Waals surface area contributed by atoms with E-state index in [0.29, 0.717) is 60.6 Å². The third kappa shape index (κ3) is 13.1. The molecule has 1 aliphatic carbocycles. The lowest BCUT2D eigenvalue weighted by Crippen LogP contribution is -2.35. The first-order chi connectivity index (χ1) is 39.4. The zero-order valence-corrected chi connectivity index (χ0v) is 45.0. The SMILES string of the molecule is CCNc1nc(Nc2cn(C3CCn4ccnc43)nc2C)ncc1C(F)(F)F.CCNc1nc(Nc2cnn(C3CCn4ccnc43)c2C)ncc1C(F)(F)F.CNc1nc(Nc2cnn(C3CC(OC(F)F)C3)c2C)ncc1C(F)(F)F. The van der Waals surface area contributed by atoms with E-state index in [1.807, 2.05) is 35.6 Å². The number of aromatic nitrogens is 16. The number of nitrogens with one attached hydrogen (secondary N) is 6. The molecule has 10 heterocycles. The van der Waals surface area contributed by atoms with Crippen molar-refractivity contribution >= 4 is 52.4 Å². The van der Waals surface area contributed by atoms with Gasteiger partial charge in [-0.15, -0.1) is 0 Å². The van der Waals surface area contributed by atoms with E-state index in [4.69, 9.17) is 0 Å². The van der Waals surface area contributed by atoms with Gasteiger partial charge in [0.05, 0.1) is 58.7 Å². The Morgan fingerprint density at radius 1 is 0.590 bits per heavy atom. The number of nitrogens with zero attached hydrogens (tertiary/aromatic N) is 16. The minimum atomic E-state index is -4.57. The maximum Gasteiger partial charge on any atom is 0.421 e. The molecule has 11 rings (SSSR count). The monoisotopic (exact) mass is 1180 g/mol. The molecular formula is C49H55F11N22O. The Labute approximate surface area is 465 Å². The van der Waals surface area contributed by atoms with Gasteiger partial charge in [-0.05, 0) is 60.3 Å². The van der Waals surface area contributed by atoms with Crippen LogP contribution in [-0.4, -0.2) is 111 Å². The van der Waals surface area contributed by atoms with Crippen molar-refractivity contribution in [2.45, 2.75) is 123 Å². The molecule has 3 aliphatic rings. The van der Waals surface area contributed by atoms with Crippen LogP contribution in [0.1, 0.15) is 103 Å². The van der Waals surface area contributed by atoms with Gasteiger partial charge in [-0.1, -0.05) is 0 Å². The Bertz CT molecular complexity index is 3440. The molecule has 34 heteroatoms. The second-order valence-electron chi connectivity index (χ2n) is 19.0. The molecule has 0 saturated heterocycles. The van der Waals surface area contributed by atoms with Gasteiger partial charge >= 0.3 is 25.1 Å². The zero-order valence-electron chi connectivity index (χ0n) is 45.0. The van der Waals surface area contributed by atoms with Crippen molar-refractivity contribution in [3.8, 4) is 0 Å². The highest BCUT2D eigenvalue weighted by Gasteiger charge is 2.39. The Kier molecular flexibility index (Phi) is 17.0. The largest absolute Gasteiger partial charge is 0.421 e. The molecule has 2 atom stereocenters. The normalized spacial score (nSPS) is 17.4. The molecule has 0 spiro atoms. The third-order valence-electron chi connectivity index (χ3n) is 13.7. The molecule has 1 saturated carbocycles. The van der Waals surface area contributed by atoms with Gasteiger partial charge in [0, 0.05) is 82.8 Å². The maximum atomic E-state index is 13.1. The summed E-state index contributed by atoms with van der Waals surface area (Å²) in [6.07, 6.45) is 3.00. The first-order valence-electron chi connectivity index (χ1n) is 25.8. The number of aryl methyl sites for hydroxylation is 3. The molecule has 0 radical (unpaired) electrons. The van der Waals surface area contributed by atoms with Gasteiger partial charge in [0.15, 0.2) is 0 Å². The van der Waals surface area contributed by atoms with E-state index in [0.717, 1.165) is 55.7 Å². The van der Waals surface area contributed by atoms with Crippen LogP contribution in [-0.2, 0) is 36.4 Å². The van der Waals surface area contributed by atoms with E-state index >= 15 is 0 Å². The number of ether oxygens (including phenoxy) is 1. The van der Waals surface area contributed by atoms with Crippen LogP contribution in [0, 0.1) is 20.8 Å². The number of imidazole rings is 2. The van der Waals surface area contributed by atoms with E-state index in [9.17, 15) is 48.3 Å². The van der Waals surface area contributed by atoms with Crippen LogP contribution in [0.4, 0.5) is 101 Å². The van der Waals surface area contributed by atoms with Crippen LogP contribution in [0.15, 0.2) is 62.0 Å². The van der Waals surface area contributed by atoms with Gasteiger partial charge in [0.1, 0.15) is 57.9 Å². The predicted molar refractivity (Wildman–Crippen MR) is 279 cm³/mol. The lowest BCUT2D eigenvalue weighted by atomic mass is 9.89. The van der Waals surface area contributed by atoms with Crippen LogP contribution in [0.3, 0.4) is 0 Å². The molecule has 83 heavy (non-hydrogen) atoms.